The van der Waals surface area contributed by atoms with Gasteiger partial charge in [0.2, 0.25) is 5.95 Å². The molecule has 0 atom stereocenters. The fourth-order valence-electron chi connectivity index (χ4n) is 2.41. The molecule has 0 radical (unpaired) electrons. The highest BCUT2D eigenvalue weighted by atomic mass is 32.1. The molecule has 1 saturated heterocycles. The van der Waals surface area contributed by atoms with Crippen LogP contribution in [0, 0.1) is 0 Å². The van der Waals surface area contributed by atoms with Crippen molar-refractivity contribution in [2.24, 2.45) is 0 Å². The molecule has 1 fully saturated rings. The third-order valence-electron chi connectivity index (χ3n) is 3.40. The average Bonchev–Trinajstić information content (AvgIpc) is 3.18. The van der Waals surface area contributed by atoms with Gasteiger partial charge in [0, 0.05) is 37.3 Å². The summed E-state index contributed by atoms with van der Waals surface area (Å²) in [5.74, 6) is 0.812. The highest BCUT2D eigenvalue weighted by Gasteiger charge is 2.19. The molecule has 0 bridgehead atoms. The van der Waals surface area contributed by atoms with Gasteiger partial charge in [-0.3, -0.25) is 0 Å². The van der Waals surface area contributed by atoms with Crippen LogP contribution >= 0.6 is 11.3 Å². The molecule has 20 heavy (non-hydrogen) atoms. The molecule has 102 valence electrons. The maximum Gasteiger partial charge on any atom is 0.230 e. The van der Waals surface area contributed by atoms with Crippen molar-refractivity contribution >= 4 is 22.9 Å². The smallest absolute Gasteiger partial charge is 0.230 e. The number of hydrogen-bond donors (Lipinski definition) is 1. The maximum absolute atomic E-state index is 4.58. The summed E-state index contributed by atoms with van der Waals surface area (Å²) in [5.41, 5.74) is 1.74. The van der Waals surface area contributed by atoms with Crippen molar-refractivity contribution in [3.63, 3.8) is 0 Å². The molecular weight excluding hydrogens is 274 g/mol. The van der Waals surface area contributed by atoms with Crippen LogP contribution in [0.2, 0.25) is 0 Å². The lowest BCUT2D eigenvalue weighted by Gasteiger charge is -2.28. The van der Waals surface area contributed by atoms with Gasteiger partial charge in [0.1, 0.15) is 0 Å². The Kier molecular flexibility index (Phi) is 2.82. The molecule has 3 aromatic heterocycles. The first-order chi connectivity index (χ1) is 9.93. The van der Waals surface area contributed by atoms with Gasteiger partial charge in [-0.2, -0.15) is 4.52 Å². The van der Waals surface area contributed by atoms with Gasteiger partial charge in [-0.25, -0.2) is 4.98 Å². The molecule has 1 N–H and O–H groups in total. The van der Waals surface area contributed by atoms with Gasteiger partial charge < -0.3 is 10.2 Å². The average molecular weight is 287 g/mol. The molecule has 4 heterocycles. The minimum atomic E-state index is 0.760. The zero-order valence-electron chi connectivity index (χ0n) is 10.7. The van der Waals surface area contributed by atoms with E-state index in [2.05, 4.69) is 36.8 Å². The Hall–Kier alpha value is -2.06. The number of tetrazole rings is 1. The van der Waals surface area contributed by atoms with Crippen LogP contribution in [-0.4, -0.2) is 51.2 Å². The lowest BCUT2D eigenvalue weighted by atomic mass is 10.2. The summed E-state index contributed by atoms with van der Waals surface area (Å²) in [6, 6.07) is 4.07. The number of piperazine rings is 1. The molecular formula is C12H13N7S. The van der Waals surface area contributed by atoms with Crippen molar-refractivity contribution in [3.8, 4) is 10.4 Å². The minimum absolute atomic E-state index is 0.760. The van der Waals surface area contributed by atoms with E-state index in [9.17, 15) is 0 Å². The molecule has 0 saturated carbocycles. The zero-order chi connectivity index (χ0) is 13.4. The van der Waals surface area contributed by atoms with E-state index in [1.165, 1.54) is 0 Å². The van der Waals surface area contributed by atoms with Crippen molar-refractivity contribution in [2.45, 2.75) is 0 Å². The Bertz CT molecular complexity index is 715. The Morgan fingerprint density at radius 2 is 2.15 bits per heavy atom. The predicted octanol–water partition coefficient (Wildman–Crippen LogP) is 0.657. The molecule has 8 heteroatoms. The highest BCUT2D eigenvalue weighted by Crippen LogP contribution is 2.28. The van der Waals surface area contributed by atoms with E-state index in [4.69, 9.17) is 0 Å². The molecule has 1 aliphatic rings. The number of thiophene rings is 1. The second-order valence-corrected chi connectivity index (χ2v) is 5.55. The maximum atomic E-state index is 4.58. The van der Waals surface area contributed by atoms with Crippen molar-refractivity contribution in [1.82, 2.24) is 30.3 Å². The van der Waals surface area contributed by atoms with Crippen molar-refractivity contribution in [1.29, 1.82) is 0 Å². The van der Waals surface area contributed by atoms with Crippen LogP contribution in [0.15, 0.2) is 23.7 Å². The summed E-state index contributed by atoms with van der Waals surface area (Å²) in [7, 11) is 0. The molecule has 0 unspecified atom stereocenters. The molecule has 0 aromatic carbocycles. The number of nitrogens with zero attached hydrogens (tertiary/aromatic N) is 6. The Morgan fingerprint density at radius 3 is 2.95 bits per heavy atom. The van der Waals surface area contributed by atoms with Gasteiger partial charge in [0.05, 0.1) is 5.56 Å². The Morgan fingerprint density at radius 1 is 1.25 bits per heavy atom. The number of fused-ring (bicyclic) bond motifs is 1. The Labute approximate surface area is 119 Å². The van der Waals surface area contributed by atoms with Crippen LogP contribution in [-0.2, 0) is 0 Å². The van der Waals surface area contributed by atoms with E-state index in [0.717, 1.165) is 48.2 Å². The quantitative estimate of drug-likeness (QED) is 0.746. The van der Waals surface area contributed by atoms with E-state index < -0.39 is 0 Å². The number of aromatic nitrogens is 5. The molecule has 1 aliphatic heterocycles. The standard InChI is InChI=1S/C12H13N7S/c1-2-10(20-7-1)9-8-14-12(18-5-3-13-4-6-18)19-11(9)15-16-17-19/h1-2,7-8,13H,3-6H2. The van der Waals surface area contributed by atoms with E-state index >= 15 is 0 Å². The summed E-state index contributed by atoms with van der Waals surface area (Å²) in [5, 5.41) is 17.4. The van der Waals surface area contributed by atoms with Crippen molar-refractivity contribution < 1.29 is 0 Å². The molecule has 3 aromatic rings. The number of rotatable bonds is 2. The first kappa shape index (κ1) is 11.7. The number of hydrogen-bond acceptors (Lipinski definition) is 7. The van der Waals surface area contributed by atoms with Gasteiger partial charge in [-0.05, 0) is 21.9 Å². The summed E-state index contributed by atoms with van der Waals surface area (Å²) < 4.78 is 1.74. The first-order valence-corrected chi connectivity index (χ1v) is 7.38. The van der Waals surface area contributed by atoms with Gasteiger partial charge in [0.25, 0.3) is 0 Å². The summed E-state index contributed by atoms with van der Waals surface area (Å²) >= 11 is 1.66. The predicted molar refractivity (Wildman–Crippen MR) is 77.0 cm³/mol. The van der Waals surface area contributed by atoms with Crippen LogP contribution in [0.25, 0.3) is 16.1 Å². The fourth-order valence-corrected chi connectivity index (χ4v) is 3.14. The molecule has 0 aliphatic carbocycles. The summed E-state index contributed by atoms with van der Waals surface area (Å²) in [6.45, 7) is 3.75. The van der Waals surface area contributed by atoms with E-state index in [0.29, 0.717) is 0 Å². The third kappa shape index (κ3) is 1.84. The van der Waals surface area contributed by atoms with Gasteiger partial charge in [-0.1, -0.05) is 6.07 Å². The first-order valence-electron chi connectivity index (χ1n) is 6.50. The van der Waals surface area contributed by atoms with E-state index in [1.54, 1.807) is 15.9 Å². The highest BCUT2D eigenvalue weighted by molar-refractivity contribution is 7.13. The van der Waals surface area contributed by atoms with Crippen LogP contribution in [0.5, 0.6) is 0 Å². The van der Waals surface area contributed by atoms with E-state index in [1.807, 2.05) is 17.6 Å². The number of nitrogens with one attached hydrogen (secondary N) is 1. The monoisotopic (exact) mass is 287 g/mol. The van der Waals surface area contributed by atoms with Crippen LogP contribution in [0.1, 0.15) is 0 Å². The largest absolute Gasteiger partial charge is 0.338 e. The normalized spacial score (nSPS) is 15.9. The van der Waals surface area contributed by atoms with Crippen molar-refractivity contribution in [2.75, 3.05) is 31.1 Å². The van der Waals surface area contributed by atoms with Gasteiger partial charge in [-0.15, -0.1) is 16.4 Å². The van der Waals surface area contributed by atoms with Crippen molar-refractivity contribution in [3.05, 3.63) is 23.7 Å². The second-order valence-electron chi connectivity index (χ2n) is 4.60. The van der Waals surface area contributed by atoms with Crippen LogP contribution in [0.4, 0.5) is 5.95 Å². The third-order valence-corrected chi connectivity index (χ3v) is 4.30. The second kappa shape index (κ2) is 4.80. The molecule has 0 amide bonds. The lowest BCUT2D eigenvalue weighted by molar-refractivity contribution is 0.572. The SMILES string of the molecule is c1csc(-c2cnc(N3CCNCC3)n3nnnc23)c1. The molecule has 4 rings (SSSR count). The molecule has 7 nitrogen and oxygen atoms in total. The molecule has 0 spiro atoms. The van der Waals surface area contributed by atoms with Crippen LogP contribution in [0.3, 0.4) is 0 Å². The topological polar surface area (TPSA) is 71.2 Å². The summed E-state index contributed by atoms with van der Waals surface area (Å²) in [6.07, 6.45) is 1.87. The van der Waals surface area contributed by atoms with E-state index in [-0.39, 0.29) is 0 Å². The summed E-state index contributed by atoms with van der Waals surface area (Å²) in [4.78, 5) is 7.92. The Balaban J connectivity index is 1.85. The van der Waals surface area contributed by atoms with Gasteiger partial charge in [0.15, 0.2) is 5.65 Å². The number of anilines is 1. The minimum Gasteiger partial charge on any atom is -0.338 e. The van der Waals surface area contributed by atoms with Gasteiger partial charge >= 0.3 is 0 Å². The fraction of sp³-hybridized carbons (Fsp3) is 0.333. The van der Waals surface area contributed by atoms with Crippen LogP contribution < -0.4 is 10.2 Å². The zero-order valence-corrected chi connectivity index (χ0v) is 11.5. The lowest BCUT2D eigenvalue weighted by Crippen LogP contribution is -2.44.